The van der Waals surface area contributed by atoms with Crippen LogP contribution in [0.15, 0.2) is 54.9 Å². The number of amides is 2. The van der Waals surface area contributed by atoms with Gasteiger partial charge >= 0.3 is 0 Å². The van der Waals surface area contributed by atoms with Crippen LogP contribution in [0.2, 0.25) is 0 Å². The second kappa shape index (κ2) is 7.04. The molecule has 0 saturated heterocycles. The maximum Gasteiger partial charge on any atom is 0.233 e. The van der Waals surface area contributed by atoms with Gasteiger partial charge in [-0.3, -0.25) is 14.6 Å². The van der Waals surface area contributed by atoms with Gasteiger partial charge in [-0.2, -0.15) is 0 Å². The van der Waals surface area contributed by atoms with Crippen LogP contribution in [0.1, 0.15) is 12.0 Å². The Bertz CT molecular complexity index is 570. The van der Waals surface area contributed by atoms with Crippen molar-refractivity contribution in [3.05, 3.63) is 60.4 Å². The average Bonchev–Trinajstić information content (AvgIpc) is 2.47. The molecule has 1 aromatic heterocycles. The number of benzene rings is 1. The molecule has 0 spiro atoms. The number of rotatable bonds is 5. The van der Waals surface area contributed by atoms with Crippen LogP contribution in [0.3, 0.4) is 0 Å². The summed E-state index contributed by atoms with van der Waals surface area (Å²) in [7, 11) is 0. The lowest BCUT2D eigenvalue weighted by Gasteiger charge is -2.06. The molecule has 1 aromatic carbocycles. The normalized spacial score (nSPS) is 9.80. The third-order valence-electron chi connectivity index (χ3n) is 2.62. The number of nitrogens with one attached hydrogen (secondary N) is 2. The minimum Gasteiger partial charge on any atom is -0.352 e. The van der Waals surface area contributed by atoms with Crippen LogP contribution in [0.25, 0.3) is 0 Å². The van der Waals surface area contributed by atoms with Gasteiger partial charge in [0.15, 0.2) is 0 Å². The first-order valence-electron chi connectivity index (χ1n) is 6.24. The molecule has 1 heterocycles. The van der Waals surface area contributed by atoms with Crippen LogP contribution in [-0.2, 0) is 16.1 Å². The first kappa shape index (κ1) is 13.7. The molecule has 0 bridgehead atoms. The van der Waals surface area contributed by atoms with E-state index in [4.69, 9.17) is 0 Å². The highest BCUT2D eigenvalue weighted by molar-refractivity contribution is 6.03. The number of carbonyl (C=O) groups is 2. The van der Waals surface area contributed by atoms with Gasteiger partial charge in [0.05, 0.1) is 0 Å². The molecule has 0 aliphatic carbocycles. The summed E-state index contributed by atoms with van der Waals surface area (Å²) in [5, 5.41) is 5.35. The van der Waals surface area contributed by atoms with Crippen LogP contribution in [0.4, 0.5) is 5.69 Å². The maximum atomic E-state index is 11.7. The Labute approximate surface area is 117 Å². The zero-order valence-electron chi connectivity index (χ0n) is 10.9. The summed E-state index contributed by atoms with van der Waals surface area (Å²) < 4.78 is 0. The number of hydrogen-bond donors (Lipinski definition) is 2. The molecular formula is C15H15N3O2. The summed E-state index contributed by atoms with van der Waals surface area (Å²) in [5.41, 5.74) is 1.62. The van der Waals surface area contributed by atoms with Crippen molar-refractivity contribution in [2.24, 2.45) is 0 Å². The van der Waals surface area contributed by atoms with E-state index in [0.717, 1.165) is 5.56 Å². The molecule has 0 radical (unpaired) electrons. The van der Waals surface area contributed by atoms with E-state index in [1.807, 2.05) is 30.3 Å². The number of aromatic nitrogens is 1. The van der Waals surface area contributed by atoms with E-state index in [1.165, 1.54) is 0 Å². The highest BCUT2D eigenvalue weighted by Gasteiger charge is 2.09. The second-order valence-corrected chi connectivity index (χ2v) is 4.22. The van der Waals surface area contributed by atoms with Crippen LogP contribution < -0.4 is 10.6 Å². The predicted molar refractivity (Wildman–Crippen MR) is 75.8 cm³/mol. The third-order valence-corrected chi connectivity index (χ3v) is 2.62. The van der Waals surface area contributed by atoms with E-state index < -0.39 is 0 Å². The number of anilines is 1. The van der Waals surface area contributed by atoms with E-state index in [1.54, 1.807) is 24.5 Å². The van der Waals surface area contributed by atoms with Gasteiger partial charge in [0.25, 0.3) is 0 Å². The molecule has 2 amide bonds. The summed E-state index contributed by atoms with van der Waals surface area (Å²) in [6.07, 6.45) is 3.12. The van der Waals surface area contributed by atoms with E-state index in [2.05, 4.69) is 15.6 Å². The number of carbonyl (C=O) groups excluding carboxylic acids is 2. The van der Waals surface area contributed by atoms with E-state index in [9.17, 15) is 9.59 Å². The second-order valence-electron chi connectivity index (χ2n) is 4.22. The highest BCUT2D eigenvalue weighted by Crippen LogP contribution is 2.05. The lowest BCUT2D eigenvalue weighted by atomic mass is 10.2. The van der Waals surface area contributed by atoms with Crippen molar-refractivity contribution in [3.63, 3.8) is 0 Å². The Hall–Kier alpha value is -2.69. The molecular weight excluding hydrogens is 254 g/mol. The number of hydrogen-bond acceptors (Lipinski definition) is 3. The van der Waals surface area contributed by atoms with Gasteiger partial charge in [0, 0.05) is 24.6 Å². The fraction of sp³-hybridized carbons (Fsp3) is 0.133. The third kappa shape index (κ3) is 4.53. The lowest BCUT2D eigenvalue weighted by Crippen LogP contribution is -2.27. The first-order valence-corrected chi connectivity index (χ1v) is 6.24. The molecule has 0 unspecified atom stereocenters. The van der Waals surface area contributed by atoms with Crippen molar-refractivity contribution >= 4 is 17.5 Å². The van der Waals surface area contributed by atoms with Gasteiger partial charge in [-0.15, -0.1) is 0 Å². The minimum absolute atomic E-state index is 0.194. The molecule has 5 nitrogen and oxygen atoms in total. The van der Waals surface area contributed by atoms with E-state index in [-0.39, 0.29) is 18.2 Å². The fourth-order valence-corrected chi connectivity index (χ4v) is 1.64. The Kier molecular flexibility index (Phi) is 4.83. The topological polar surface area (TPSA) is 71.1 Å². The molecule has 0 atom stereocenters. The lowest BCUT2D eigenvalue weighted by molar-refractivity contribution is -0.126. The molecule has 2 aromatic rings. The standard InChI is InChI=1S/C15H15N3O2/c19-14(17-11-12-6-8-16-9-7-12)10-15(20)18-13-4-2-1-3-5-13/h1-9H,10-11H2,(H,17,19)(H,18,20). The van der Waals surface area contributed by atoms with E-state index >= 15 is 0 Å². The average molecular weight is 269 g/mol. The molecule has 2 N–H and O–H groups in total. The van der Waals surface area contributed by atoms with Gasteiger partial charge in [-0.05, 0) is 29.8 Å². The van der Waals surface area contributed by atoms with Gasteiger partial charge in [0.2, 0.25) is 11.8 Å². The fourth-order valence-electron chi connectivity index (χ4n) is 1.64. The zero-order chi connectivity index (χ0) is 14.2. The summed E-state index contributed by atoms with van der Waals surface area (Å²) in [4.78, 5) is 27.2. The Balaban J connectivity index is 1.75. The quantitative estimate of drug-likeness (QED) is 0.812. The van der Waals surface area contributed by atoms with Gasteiger partial charge in [-0.1, -0.05) is 18.2 Å². The number of pyridine rings is 1. The molecule has 0 aliphatic rings. The Morgan fingerprint density at radius 1 is 0.950 bits per heavy atom. The summed E-state index contributed by atoms with van der Waals surface area (Å²) in [5.74, 6) is -0.640. The smallest absolute Gasteiger partial charge is 0.233 e. The maximum absolute atomic E-state index is 11.7. The van der Waals surface area contributed by atoms with Crippen molar-refractivity contribution in [1.29, 1.82) is 0 Å². The highest BCUT2D eigenvalue weighted by atomic mass is 16.2. The van der Waals surface area contributed by atoms with Crippen molar-refractivity contribution < 1.29 is 9.59 Å². The van der Waals surface area contributed by atoms with Crippen LogP contribution in [-0.4, -0.2) is 16.8 Å². The Morgan fingerprint density at radius 3 is 2.35 bits per heavy atom. The van der Waals surface area contributed by atoms with Crippen molar-refractivity contribution in [2.45, 2.75) is 13.0 Å². The minimum atomic E-state index is -0.330. The number of para-hydroxylation sites is 1. The van der Waals surface area contributed by atoms with Crippen LogP contribution >= 0.6 is 0 Å². The first-order chi connectivity index (χ1) is 9.74. The van der Waals surface area contributed by atoms with Gasteiger partial charge in [-0.25, -0.2) is 0 Å². The monoisotopic (exact) mass is 269 g/mol. The van der Waals surface area contributed by atoms with Crippen molar-refractivity contribution in [2.75, 3.05) is 5.32 Å². The zero-order valence-corrected chi connectivity index (χ0v) is 10.9. The molecule has 0 saturated carbocycles. The van der Waals surface area contributed by atoms with Crippen LogP contribution in [0, 0.1) is 0 Å². The molecule has 20 heavy (non-hydrogen) atoms. The van der Waals surface area contributed by atoms with Crippen LogP contribution in [0.5, 0.6) is 0 Å². The SMILES string of the molecule is O=C(CC(=O)Nc1ccccc1)NCc1ccncc1. The molecule has 102 valence electrons. The molecule has 2 rings (SSSR count). The Morgan fingerprint density at radius 2 is 1.65 bits per heavy atom. The molecule has 5 heteroatoms. The van der Waals surface area contributed by atoms with Gasteiger partial charge < -0.3 is 10.6 Å². The largest absolute Gasteiger partial charge is 0.352 e. The summed E-state index contributed by atoms with van der Waals surface area (Å²) in [6.45, 7) is 0.389. The summed E-state index contributed by atoms with van der Waals surface area (Å²) in [6, 6.07) is 12.7. The van der Waals surface area contributed by atoms with Gasteiger partial charge in [0.1, 0.15) is 6.42 Å². The summed E-state index contributed by atoms with van der Waals surface area (Å²) >= 11 is 0. The van der Waals surface area contributed by atoms with E-state index in [0.29, 0.717) is 12.2 Å². The molecule has 0 aliphatic heterocycles. The van der Waals surface area contributed by atoms with Crippen molar-refractivity contribution in [3.8, 4) is 0 Å². The van der Waals surface area contributed by atoms with Crippen molar-refractivity contribution in [1.82, 2.24) is 10.3 Å². The molecule has 0 fully saturated rings. The predicted octanol–water partition coefficient (Wildman–Crippen LogP) is 1.73. The number of nitrogens with zero attached hydrogens (tertiary/aromatic N) is 1.